The Labute approximate surface area is 161 Å². The van der Waals surface area contributed by atoms with Crippen molar-refractivity contribution in [3.05, 3.63) is 50.9 Å². The molecular formula is C15H12Br2N2O5S. The van der Waals surface area contributed by atoms with Crippen LogP contribution in [0.5, 0.6) is 11.5 Å². The van der Waals surface area contributed by atoms with Gasteiger partial charge in [-0.1, -0.05) is 15.9 Å². The van der Waals surface area contributed by atoms with Crippen molar-refractivity contribution in [3.63, 3.8) is 0 Å². The molecule has 132 valence electrons. The van der Waals surface area contributed by atoms with Gasteiger partial charge in [0, 0.05) is 14.5 Å². The Kier molecular flexibility index (Phi) is 5.32. The van der Waals surface area contributed by atoms with Crippen LogP contribution in [0, 0.1) is 0 Å². The van der Waals surface area contributed by atoms with Crippen molar-refractivity contribution in [2.75, 3.05) is 13.2 Å². The molecule has 0 atom stereocenters. The fraction of sp³-hybridized carbons (Fsp3) is 0.133. The third-order valence-corrected chi connectivity index (χ3v) is 6.02. The van der Waals surface area contributed by atoms with Crippen LogP contribution >= 0.6 is 31.9 Å². The summed E-state index contributed by atoms with van der Waals surface area (Å²) in [6.07, 6.45) is 0. The SMILES string of the molecule is O=C(NNS(=O)(=O)c1cc(Br)ccc1Br)c1ccc2c(c1)OCCO2. The van der Waals surface area contributed by atoms with Crippen LogP contribution in [0.25, 0.3) is 0 Å². The summed E-state index contributed by atoms with van der Waals surface area (Å²) in [7, 11) is -3.95. The van der Waals surface area contributed by atoms with Crippen molar-refractivity contribution in [1.29, 1.82) is 0 Å². The van der Waals surface area contributed by atoms with Crippen molar-refractivity contribution in [1.82, 2.24) is 10.3 Å². The van der Waals surface area contributed by atoms with E-state index >= 15 is 0 Å². The molecule has 2 aromatic carbocycles. The van der Waals surface area contributed by atoms with Gasteiger partial charge in [0.25, 0.3) is 15.9 Å². The van der Waals surface area contributed by atoms with E-state index in [1.165, 1.54) is 18.2 Å². The van der Waals surface area contributed by atoms with Crippen molar-refractivity contribution >= 4 is 47.8 Å². The van der Waals surface area contributed by atoms with E-state index in [-0.39, 0.29) is 10.5 Å². The van der Waals surface area contributed by atoms with Crippen molar-refractivity contribution in [2.24, 2.45) is 0 Å². The standard InChI is InChI=1S/C15H12Br2N2O5S/c16-10-2-3-11(17)14(8-10)25(21,22)19-18-15(20)9-1-4-12-13(7-9)24-6-5-23-12/h1-4,7-8,19H,5-6H2,(H,18,20). The lowest BCUT2D eigenvalue weighted by Gasteiger charge is -2.18. The van der Waals surface area contributed by atoms with E-state index in [2.05, 4.69) is 42.1 Å². The minimum Gasteiger partial charge on any atom is -0.486 e. The van der Waals surface area contributed by atoms with E-state index in [9.17, 15) is 13.2 Å². The third kappa shape index (κ3) is 4.14. The summed E-state index contributed by atoms with van der Waals surface area (Å²) in [5, 5.41) is 0. The lowest BCUT2D eigenvalue weighted by Crippen LogP contribution is -2.41. The van der Waals surface area contributed by atoms with Crippen molar-refractivity contribution < 1.29 is 22.7 Å². The first-order valence-electron chi connectivity index (χ1n) is 7.04. The fourth-order valence-corrected chi connectivity index (χ4v) is 4.45. The molecule has 0 fully saturated rings. The maximum absolute atomic E-state index is 12.4. The topological polar surface area (TPSA) is 93.7 Å². The molecule has 0 saturated carbocycles. The predicted molar refractivity (Wildman–Crippen MR) is 97.1 cm³/mol. The number of sulfonamides is 1. The Morgan fingerprint density at radius 3 is 2.48 bits per heavy atom. The Hall–Kier alpha value is -1.62. The Balaban J connectivity index is 1.74. The van der Waals surface area contributed by atoms with E-state index in [0.29, 0.717) is 33.7 Å². The van der Waals surface area contributed by atoms with Crippen LogP contribution in [-0.4, -0.2) is 27.5 Å². The monoisotopic (exact) mass is 490 g/mol. The second kappa shape index (κ2) is 7.32. The number of amides is 1. The molecule has 7 nitrogen and oxygen atoms in total. The maximum atomic E-state index is 12.4. The highest BCUT2D eigenvalue weighted by Gasteiger charge is 2.20. The molecule has 0 aliphatic carbocycles. The molecule has 1 heterocycles. The number of hydrogen-bond donors (Lipinski definition) is 2. The Bertz CT molecular complexity index is 934. The van der Waals surface area contributed by atoms with Crippen LogP contribution in [-0.2, 0) is 10.0 Å². The Morgan fingerprint density at radius 1 is 1.00 bits per heavy atom. The average Bonchev–Trinajstić information content (AvgIpc) is 2.61. The van der Waals surface area contributed by atoms with Gasteiger partial charge >= 0.3 is 0 Å². The lowest BCUT2D eigenvalue weighted by atomic mass is 10.2. The van der Waals surface area contributed by atoms with Crippen LogP contribution in [0.2, 0.25) is 0 Å². The summed E-state index contributed by atoms with van der Waals surface area (Å²) < 4.78 is 36.4. The zero-order chi connectivity index (χ0) is 18.0. The summed E-state index contributed by atoms with van der Waals surface area (Å²) >= 11 is 6.39. The number of hydrazine groups is 1. The maximum Gasteiger partial charge on any atom is 0.266 e. The molecule has 1 amide bonds. The molecule has 0 saturated heterocycles. The van der Waals surface area contributed by atoms with Gasteiger partial charge < -0.3 is 9.47 Å². The van der Waals surface area contributed by atoms with E-state index < -0.39 is 15.9 Å². The smallest absolute Gasteiger partial charge is 0.266 e. The summed E-state index contributed by atoms with van der Waals surface area (Å²) in [4.78, 5) is 14.3. The van der Waals surface area contributed by atoms with E-state index in [4.69, 9.17) is 9.47 Å². The molecule has 0 aromatic heterocycles. The first kappa shape index (κ1) is 18.2. The largest absolute Gasteiger partial charge is 0.486 e. The van der Waals surface area contributed by atoms with Gasteiger partial charge in [-0.2, -0.15) is 0 Å². The van der Waals surface area contributed by atoms with E-state index in [1.807, 2.05) is 0 Å². The molecule has 2 N–H and O–H groups in total. The molecule has 25 heavy (non-hydrogen) atoms. The normalized spacial score (nSPS) is 13.4. The van der Waals surface area contributed by atoms with Crippen LogP contribution in [0.3, 0.4) is 0 Å². The van der Waals surface area contributed by atoms with Gasteiger partial charge in [-0.15, -0.1) is 4.83 Å². The van der Waals surface area contributed by atoms with E-state index in [1.54, 1.807) is 18.2 Å². The zero-order valence-corrected chi connectivity index (χ0v) is 16.6. The molecule has 0 spiro atoms. The van der Waals surface area contributed by atoms with Crippen LogP contribution in [0.4, 0.5) is 0 Å². The molecule has 0 unspecified atom stereocenters. The number of carbonyl (C=O) groups is 1. The highest BCUT2D eigenvalue weighted by Crippen LogP contribution is 2.30. The number of halogens is 2. The third-order valence-electron chi connectivity index (χ3n) is 3.29. The molecular weight excluding hydrogens is 480 g/mol. The Morgan fingerprint density at radius 2 is 1.72 bits per heavy atom. The van der Waals surface area contributed by atoms with Crippen LogP contribution in [0.15, 0.2) is 50.2 Å². The van der Waals surface area contributed by atoms with Gasteiger partial charge in [0.05, 0.1) is 4.90 Å². The fourth-order valence-electron chi connectivity index (χ4n) is 2.11. The number of benzene rings is 2. The minimum atomic E-state index is -3.95. The summed E-state index contributed by atoms with van der Waals surface area (Å²) in [5.74, 6) is 0.365. The van der Waals surface area contributed by atoms with Crippen molar-refractivity contribution in [3.8, 4) is 11.5 Å². The van der Waals surface area contributed by atoms with Gasteiger partial charge in [0.2, 0.25) is 0 Å². The minimum absolute atomic E-state index is 0.00986. The predicted octanol–water partition coefficient (Wildman–Crippen LogP) is 2.61. The van der Waals surface area contributed by atoms with Gasteiger partial charge in [0.15, 0.2) is 11.5 Å². The molecule has 0 radical (unpaired) electrons. The number of fused-ring (bicyclic) bond motifs is 1. The first-order chi connectivity index (χ1) is 11.9. The quantitative estimate of drug-likeness (QED) is 0.641. The highest BCUT2D eigenvalue weighted by atomic mass is 79.9. The summed E-state index contributed by atoms with van der Waals surface area (Å²) in [6.45, 7) is 0.835. The van der Waals surface area contributed by atoms with Gasteiger partial charge in [-0.25, -0.2) is 8.42 Å². The zero-order valence-electron chi connectivity index (χ0n) is 12.6. The molecule has 1 aliphatic rings. The first-order valence-corrected chi connectivity index (χ1v) is 10.1. The second-order valence-corrected chi connectivity index (χ2v) is 8.41. The number of hydrogen-bond acceptors (Lipinski definition) is 5. The van der Waals surface area contributed by atoms with Crippen LogP contribution < -0.4 is 19.7 Å². The lowest BCUT2D eigenvalue weighted by molar-refractivity contribution is 0.0944. The molecule has 2 aromatic rings. The van der Waals surface area contributed by atoms with Gasteiger partial charge in [0.1, 0.15) is 13.2 Å². The molecule has 10 heteroatoms. The second-order valence-electron chi connectivity index (χ2n) is 4.99. The number of ether oxygens (including phenoxy) is 2. The van der Waals surface area contributed by atoms with Gasteiger partial charge in [-0.3, -0.25) is 10.2 Å². The van der Waals surface area contributed by atoms with Gasteiger partial charge in [-0.05, 0) is 52.3 Å². The highest BCUT2D eigenvalue weighted by molar-refractivity contribution is 9.11. The number of rotatable bonds is 4. The number of carbonyl (C=O) groups excluding carboxylic acids is 1. The molecule has 0 bridgehead atoms. The summed E-state index contributed by atoms with van der Waals surface area (Å²) in [5.41, 5.74) is 2.42. The molecule has 3 rings (SSSR count). The van der Waals surface area contributed by atoms with Crippen LogP contribution in [0.1, 0.15) is 10.4 Å². The summed E-state index contributed by atoms with van der Waals surface area (Å²) in [6, 6.07) is 9.31. The molecule has 1 aliphatic heterocycles. The van der Waals surface area contributed by atoms with Crippen molar-refractivity contribution in [2.45, 2.75) is 4.90 Å². The van der Waals surface area contributed by atoms with E-state index in [0.717, 1.165) is 0 Å². The average molecular weight is 492 g/mol. The number of nitrogens with one attached hydrogen (secondary N) is 2.